The molecule has 0 atom stereocenters. The standard InChI is InChI=1S/C19H17N3O4/c1-12-6-7-15-16(8-12)25-11-18(23)22(15)10-17-20-19(21-26-17)13-4-3-5-14(9-13)24-2/h3-9H,10-11H2,1-2H3. The van der Waals surface area contributed by atoms with Gasteiger partial charge in [0.05, 0.1) is 12.8 Å². The molecular weight excluding hydrogens is 334 g/mol. The van der Waals surface area contributed by atoms with Crippen LogP contribution < -0.4 is 14.4 Å². The van der Waals surface area contributed by atoms with Crippen molar-refractivity contribution in [1.29, 1.82) is 0 Å². The highest BCUT2D eigenvalue weighted by atomic mass is 16.5. The molecule has 132 valence electrons. The predicted molar refractivity (Wildman–Crippen MR) is 94.2 cm³/mol. The zero-order valence-corrected chi connectivity index (χ0v) is 14.4. The third-order valence-electron chi connectivity index (χ3n) is 4.15. The van der Waals surface area contributed by atoms with Crippen molar-refractivity contribution in [2.75, 3.05) is 18.6 Å². The second-order valence-corrected chi connectivity index (χ2v) is 5.98. The van der Waals surface area contributed by atoms with Crippen LogP contribution in [0.2, 0.25) is 0 Å². The fraction of sp³-hybridized carbons (Fsp3) is 0.211. The minimum Gasteiger partial charge on any atom is -0.497 e. The molecule has 1 aliphatic rings. The summed E-state index contributed by atoms with van der Waals surface area (Å²) in [6.07, 6.45) is 0. The molecule has 1 aromatic heterocycles. The SMILES string of the molecule is COc1cccc(-c2noc(CN3C(=O)COc4cc(C)ccc43)n2)c1. The van der Waals surface area contributed by atoms with Crippen molar-refractivity contribution in [3.05, 3.63) is 53.9 Å². The normalized spacial score (nSPS) is 13.3. The summed E-state index contributed by atoms with van der Waals surface area (Å²) in [6.45, 7) is 2.16. The molecule has 2 aromatic carbocycles. The number of carbonyl (C=O) groups is 1. The summed E-state index contributed by atoms with van der Waals surface area (Å²) in [4.78, 5) is 18.3. The number of aryl methyl sites for hydroxylation is 1. The summed E-state index contributed by atoms with van der Waals surface area (Å²) in [5.41, 5.74) is 2.55. The lowest BCUT2D eigenvalue weighted by atomic mass is 10.1. The van der Waals surface area contributed by atoms with E-state index in [0.717, 1.165) is 11.1 Å². The molecule has 0 unspecified atom stereocenters. The number of methoxy groups -OCH3 is 1. The molecule has 7 heteroatoms. The van der Waals surface area contributed by atoms with Gasteiger partial charge in [0.2, 0.25) is 11.7 Å². The Kier molecular flexibility index (Phi) is 4.04. The Labute approximate surface area is 150 Å². The van der Waals surface area contributed by atoms with E-state index in [0.29, 0.717) is 28.9 Å². The van der Waals surface area contributed by atoms with Crippen LogP contribution in [0.4, 0.5) is 5.69 Å². The summed E-state index contributed by atoms with van der Waals surface area (Å²) in [5.74, 6) is 2.04. The second-order valence-electron chi connectivity index (χ2n) is 5.98. The Morgan fingerprint density at radius 1 is 1.23 bits per heavy atom. The van der Waals surface area contributed by atoms with E-state index in [1.807, 2.05) is 49.4 Å². The molecule has 0 aliphatic carbocycles. The maximum Gasteiger partial charge on any atom is 0.265 e. The quantitative estimate of drug-likeness (QED) is 0.719. The van der Waals surface area contributed by atoms with Gasteiger partial charge < -0.3 is 14.0 Å². The van der Waals surface area contributed by atoms with Gasteiger partial charge in [-0.3, -0.25) is 9.69 Å². The number of anilines is 1. The van der Waals surface area contributed by atoms with Crippen molar-refractivity contribution >= 4 is 11.6 Å². The molecule has 0 fully saturated rings. The highest BCUT2D eigenvalue weighted by Crippen LogP contribution is 2.33. The Bertz CT molecular complexity index is 967. The molecule has 7 nitrogen and oxygen atoms in total. The van der Waals surface area contributed by atoms with Crippen LogP contribution in [-0.4, -0.2) is 29.8 Å². The van der Waals surface area contributed by atoms with E-state index in [-0.39, 0.29) is 19.1 Å². The monoisotopic (exact) mass is 351 g/mol. The van der Waals surface area contributed by atoms with Gasteiger partial charge in [-0.15, -0.1) is 0 Å². The van der Waals surface area contributed by atoms with Crippen molar-refractivity contribution in [3.8, 4) is 22.9 Å². The maximum atomic E-state index is 12.3. The number of ether oxygens (including phenoxy) is 2. The van der Waals surface area contributed by atoms with Crippen LogP contribution in [0.1, 0.15) is 11.5 Å². The van der Waals surface area contributed by atoms with Gasteiger partial charge in [0.25, 0.3) is 5.91 Å². The van der Waals surface area contributed by atoms with Crippen molar-refractivity contribution < 1.29 is 18.8 Å². The Hall–Kier alpha value is -3.35. The molecular formula is C19H17N3O4. The van der Waals surface area contributed by atoms with Crippen LogP contribution in [0.5, 0.6) is 11.5 Å². The minimum atomic E-state index is -0.150. The Morgan fingerprint density at radius 3 is 2.96 bits per heavy atom. The van der Waals surface area contributed by atoms with Gasteiger partial charge in [-0.25, -0.2) is 0 Å². The number of benzene rings is 2. The zero-order chi connectivity index (χ0) is 18.1. The lowest BCUT2D eigenvalue weighted by Gasteiger charge is -2.28. The number of fused-ring (bicyclic) bond motifs is 1. The molecule has 0 bridgehead atoms. The number of carbonyl (C=O) groups excluding carboxylic acids is 1. The average Bonchev–Trinajstić information content (AvgIpc) is 3.13. The number of aromatic nitrogens is 2. The second kappa shape index (κ2) is 6.51. The Balaban J connectivity index is 1.60. The highest BCUT2D eigenvalue weighted by Gasteiger charge is 2.27. The zero-order valence-electron chi connectivity index (χ0n) is 14.4. The van der Waals surface area contributed by atoms with Crippen molar-refractivity contribution in [1.82, 2.24) is 10.1 Å². The van der Waals surface area contributed by atoms with Crippen LogP contribution >= 0.6 is 0 Å². The molecule has 0 saturated heterocycles. The van der Waals surface area contributed by atoms with E-state index in [9.17, 15) is 4.79 Å². The van der Waals surface area contributed by atoms with Crippen molar-refractivity contribution in [2.24, 2.45) is 0 Å². The smallest absolute Gasteiger partial charge is 0.265 e. The lowest BCUT2D eigenvalue weighted by molar-refractivity contribution is -0.121. The first-order valence-electron chi connectivity index (χ1n) is 8.15. The topological polar surface area (TPSA) is 77.7 Å². The van der Waals surface area contributed by atoms with Crippen molar-refractivity contribution in [2.45, 2.75) is 13.5 Å². The summed E-state index contributed by atoms with van der Waals surface area (Å²) >= 11 is 0. The van der Waals surface area contributed by atoms with Crippen LogP contribution in [0.15, 0.2) is 47.0 Å². The summed E-state index contributed by atoms with van der Waals surface area (Å²) in [6, 6.07) is 13.1. The van der Waals surface area contributed by atoms with Crippen molar-refractivity contribution in [3.63, 3.8) is 0 Å². The fourth-order valence-corrected chi connectivity index (χ4v) is 2.82. The molecule has 0 radical (unpaired) electrons. The van der Waals surface area contributed by atoms with Gasteiger partial charge in [-0.05, 0) is 36.8 Å². The third-order valence-corrected chi connectivity index (χ3v) is 4.15. The maximum absolute atomic E-state index is 12.3. The van der Waals surface area contributed by atoms with Crippen LogP contribution in [0.25, 0.3) is 11.4 Å². The van der Waals surface area contributed by atoms with Gasteiger partial charge in [0, 0.05) is 5.56 Å². The van der Waals surface area contributed by atoms with E-state index in [4.69, 9.17) is 14.0 Å². The molecule has 1 amide bonds. The van der Waals surface area contributed by atoms with E-state index in [1.165, 1.54) is 0 Å². The van der Waals surface area contributed by atoms with E-state index in [1.54, 1.807) is 12.0 Å². The molecule has 2 heterocycles. The Morgan fingerprint density at radius 2 is 2.12 bits per heavy atom. The summed E-state index contributed by atoms with van der Waals surface area (Å²) in [5, 5.41) is 4.01. The first-order chi connectivity index (χ1) is 12.6. The first-order valence-corrected chi connectivity index (χ1v) is 8.15. The molecule has 1 aliphatic heterocycles. The lowest BCUT2D eigenvalue weighted by Crippen LogP contribution is -2.38. The molecule has 3 aromatic rings. The minimum absolute atomic E-state index is 0.00662. The number of hydrogen-bond acceptors (Lipinski definition) is 6. The number of amides is 1. The molecule has 4 rings (SSSR count). The van der Waals surface area contributed by atoms with Gasteiger partial charge >= 0.3 is 0 Å². The molecule has 0 spiro atoms. The van der Waals surface area contributed by atoms with Gasteiger partial charge in [-0.1, -0.05) is 23.4 Å². The van der Waals surface area contributed by atoms with E-state index >= 15 is 0 Å². The van der Waals surface area contributed by atoms with Gasteiger partial charge in [0.1, 0.15) is 18.0 Å². The largest absolute Gasteiger partial charge is 0.497 e. The number of hydrogen-bond donors (Lipinski definition) is 0. The highest BCUT2D eigenvalue weighted by molar-refractivity contribution is 5.97. The number of nitrogens with zero attached hydrogens (tertiary/aromatic N) is 3. The summed E-state index contributed by atoms with van der Waals surface area (Å²) < 4.78 is 16.1. The van der Waals surface area contributed by atoms with Gasteiger partial charge in [0.15, 0.2) is 6.61 Å². The van der Waals surface area contributed by atoms with E-state index in [2.05, 4.69) is 10.1 Å². The van der Waals surface area contributed by atoms with E-state index < -0.39 is 0 Å². The fourth-order valence-electron chi connectivity index (χ4n) is 2.82. The average molecular weight is 351 g/mol. The summed E-state index contributed by atoms with van der Waals surface area (Å²) in [7, 11) is 1.60. The van der Waals surface area contributed by atoms with Gasteiger partial charge in [-0.2, -0.15) is 4.98 Å². The first kappa shape index (κ1) is 16.1. The van der Waals surface area contributed by atoms with Crippen LogP contribution in [-0.2, 0) is 11.3 Å². The predicted octanol–water partition coefficient (Wildman–Crippen LogP) is 2.98. The molecule has 26 heavy (non-hydrogen) atoms. The number of rotatable bonds is 4. The third kappa shape index (κ3) is 2.99. The molecule has 0 saturated carbocycles. The van der Waals surface area contributed by atoms with Crippen LogP contribution in [0.3, 0.4) is 0 Å². The molecule has 0 N–H and O–H groups in total. The van der Waals surface area contributed by atoms with Crippen LogP contribution in [0, 0.1) is 6.92 Å².